The van der Waals surface area contributed by atoms with Crippen LogP contribution in [0.2, 0.25) is 0 Å². The summed E-state index contributed by atoms with van der Waals surface area (Å²) in [6.07, 6.45) is -7.21. The molecule has 34 heavy (non-hydrogen) atoms. The van der Waals surface area contributed by atoms with E-state index in [4.69, 9.17) is 5.73 Å². The highest BCUT2D eigenvalue weighted by Gasteiger charge is 2.32. The van der Waals surface area contributed by atoms with Gasteiger partial charge in [-0.2, -0.15) is 36.5 Å². The van der Waals surface area contributed by atoms with Gasteiger partial charge < -0.3 is 5.73 Å². The molecule has 0 saturated heterocycles. The average molecular weight is 482 g/mol. The van der Waals surface area contributed by atoms with Crippen LogP contribution in [0.1, 0.15) is 11.1 Å². The summed E-state index contributed by atoms with van der Waals surface area (Å²) in [6.45, 7) is 0. The van der Waals surface area contributed by atoms with Crippen molar-refractivity contribution < 1.29 is 31.3 Å². The number of hydrogen-bond acceptors (Lipinski definition) is 5. The molecule has 0 aliphatic heterocycles. The number of hydrogen-bond donors (Lipinski definition) is 1. The first-order chi connectivity index (χ1) is 15.8. The molecule has 2 N–H and O–H groups in total. The number of nitrogens with two attached hydrogens (primary N) is 1. The Kier molecular flexibility index (Phi) is 5.30. The Balaban J connectivity index is 1.80. The minimum Gasteiger partial charge on any atom is -0.396 e. The maximum atomic E-state index is 13.0. The highest BCUT2D eigenvalue weighted by atomic mass is 19.4. The summed E-state index contributed by atoms with van der Waals surface area (Å²) in [5.74, 6) is 0. The lowest BCUT2D eigenvalue weighted by molar-refractivity contribution is -0.384. The molecule has 4 rings (SSSR count). The molecule has 0 atom stereocenters. The first-order valence-corrected chi connectivity index (χ1v) is 9.29. The van der Waals surface area contributed by atoms with E-state index in [2.05, 4.69) is 10.2 Å². The lowest BCUT2D eigenvalue weighted by Gasteiger charge is -2.08. The molecule has 0 spiro atoms. The van der Waals surface area contributed by atoms with E-state index in [9.17, 15) is 36.5 Å². The van der Waals surface area contributed by atoms with E-state index in [0.29, 0.717) is 0 Å². The fraction of sp³-hybridized carbons (Fsp3) is 0.100. The monoisotopic (exact) mass is 482 g/mol. The van der Waals surface area contributed by atoms with Crippen molar-refractivity contribution in [1.82, 2.24) is 19.6 Å². The molecule has 0 saturated carbocycles. The van der Waals surface area contributed by atoms with E-state index < -0.39 is 34.1 Å². The SMILES string of the molecule is Nc1cn(-c2cccc(C(F)(F)F)c2)nc1-c1nn(-c2cccc(C(F)(F)F)c2)cc1[N+](=O)[O-]. The minimum absolute atomic E-state index is 0.0206. The zero-order valence-corrected chi connectivity index (χ0v) is 16.7. The van der Waals surface area contributed by atoms with Crippen LogP contribution in [-0.4, -0.2) is 24.5 Å². The van der Waals surface area contributed by atoms with Crippen molar-refractivity contribution in [3.05, 3.63) is 82.2 Å². The molecule has 2 heterocycles. The molecule has 0 unspecified atom stereocenters. The molecule has 2 aromatic carbocycles. The summed E-state index contributed by atoms with van der Waals surface area (Å²) in [6, 6.07) is 8.11. The average Bonchev–Trinajstić information content (AvgIpc) is 3.37. The summed E-state index contributed by atoms with van der Waals surface area (Å²) in [5, 5.41) is 19.6. The molecule has 8 nitrogen and oxygen atoms in total. The summed E-state index contributed by atoms with van der Waals surface area (Å²) >= 11 is 0. The largest absolute Gasteiger partial charge is 0.416 e. The molecule has 2 aromatic heterocycles. The number of alkyl halides is 6. The Bertz CT molecular complexity index is 1390. The molecule has 4 aromatic rings. The van der Waals surface area contributed by atoms with Gasteiger partial charge in [0.25, 0.3) is 0 Å². The molecule has 0 radical (unpaired) electrons. The van der Waals surface area contributed by atoms with Crippen molar-refractivity contribution in [1.29, 1.82) is 0 Å². The van der Waals surface area contributed by atoms with Crippen LogP contribution in [0, 0.1) is 10.1 Å². The van der Waals surface area contributed by atoms with Crippen molar-refractivity contribution in [3.8, 4) is 22.8 Å². The van der Waals surface area contributed by atoms with Crippen LogP contribution in [-0.2, 0) is 12.4 Å². The number of benzene rings is 2. The van der Waals surface area contributed by atoms with E-state index in [-0.39, 0.29) is 28.5 Å². The third-order valence-electron chi connectivity index (χ3n) is 4.73. The number of nitrogen functional groups attached to an aromatic ring is 1. The van der Waals surface area contributed by atoms with E-state index >= 15 is 0 Å². The Morgan fingerprint density at radius 3 is 1.74 bits per heavy atom. The number of halogens is 6. The third-order valence-corrected chi connectivity index (χ3v) is 4.73. The maximum absolute atomic E-state index is 13.0. The van der Waals surface area contributed by atoms with E-state index in [1.165, 1.54) is 12.1 Å². The quantitative estimate of drug-likeness (QED) is 0.243. The van der Waals surface area contributed by atoms with Gasteiger partial charge >= 0.3 is 18.0 Å². The van der Waals surface area contributed by atoms with Gasteiger partial charge in [-0.1, -0.05) is 12.1 Å². The molecule has 14 heteroatoms. The van der Waals surface area contributed by atoms with Crippen LogP contribution >= 0.6 is 0 Å². The minimum atomic E-state index is -4.65. The Hall–Kier alpha value is -4.36. The van der Waals surface area contributed by atoms with Gasteiger partial charge in [-0.25, -0.2) is 9.36 Å². The van der Waals surface area contributed by atoms with Crippen molar-refractivity contribution >= 4 is 11.4 Å². The van der Waals surface area contributed by atoms with E-state index in [1.807, 2.05) is 0 Å². The third kappa shape index (κ3) is 4.29. The van der Waals surface area contributed by atoms with Gasteiger partial charge in [-0.15, -0.1) is 0 Å². The van der Waals surface area contributed by atoms with Gasteiger partial charge in [0.2, 0.25) is 0 Å². The van der Waals surface area contributed by atoms with Crippen LogP contribution in [0.25, 0.3) is 22.8 Å². The van der Waals surface area contributed by atoms with E-state index in [1.54, 1.807) is 0 Å². The van der Waals surface area contributed by atoms with Crippen molar-refractivity contribution in [2.45, 2.75) is 12.4 Å². The van der Waals surface area contributed by atoms with Crippen LogP contribution in [0.3, 0.4) is 0 Å². The molecule has 0 amide bonds. The van der Waals surface area contributed by atoms with Gasteiger partial charge in [-0.3, -0.25) is 10.1 Å². The van der Waals surface area contributed by atoms with Gasteiger partial charge in [0.05, 0.1) is 39.3 Å². The number of nitrogens with zero attached hydrogens (tertiary/aromatic N) is 5. The summed E-state index contributed by atoms with van der Waals surface area (Å²) in [5.41, 5.74) is 2.49. The van der Waals surface area contributed by atoms with Gasteiger partial charge in [0.15, 0.2) is 5.69 Å². The molecule has 0 bridgehead atoms. The van der Waals surface area contributed by atoms with Gasteiger partial charge in [-0.05, 0) is 36.4 Å². The highest BCUT2D eigenvalue weighted by molar-refractivity contribution is 5.76. The number of nitro groups is 1. The summed E-state index contributed by atoms with van der Waals surface area (Å²) in [7, 11) is 0. The van der Waals surface area contributed by atoms with E-state index in [0.717, 1.165) is 58.2 Å². The second-order valence-corrected chi connectivity index (χ2v) is 7.04. The zero-order chi connectivity index (χ0) is 24.8. The zero-order valence-electron chi connectivity index (χ0n) is 16.7. The second-order valence-electron chi connectivity index (χ2n) is 7.04. The van der Waals surface area contributed by atoms with Gasteiger partial charge in [0, 0.05) is 0 Å². The highest BCUT2D eigenvalue weighted by Crippen LogP contribution is 2.35. The topological polar surface area (TPSA) is 105 Å². The number of rotatable bonds is 4. The van der Waals surface area contributed by atoms with Crippen molar-refractivity contribution in [2.24, 2.45) is 0 Å². The molecule has 176 valence electrons. The van der Waals surface area contributed by atoms with Crippen LogP contribution in [0.15, 0.2) is 60.9 Å². The fourth-order valence-corrected chi connectivity index (χ4v) is 3.15. The number of anilines is 1. The Morgan fingerprint density at radius 2 is 1.26 bits per heavy atom. The molecular formula is C20H12F6N6O2. The predicted molar refractivity (Wildman–Crippen MR) is 107 cm³/mol. The lowest BCUT2D eigenvalue weighted by Crippen LogP contribution is -2.06. The summed E-state index contributed by atoms with van der Waals surface area (Å²) < 4.78 is 80.1. The van der Waals surface area contributed by atoms with Crippen molar-refractivity contribution in [2.75, 3.05) is 5.73 Å². The van der Waals surface area contributed by atoms with Crippen molar-refractivity contribution in [3.63, 3.8) is 0 Å². The Labute approximate surface area is 186 Å². The predicted octanol–water partition coefficient (Wildman–Crippen LogP) is 5.25. The van der Waals surface area contributed by atoms with Gasteiger partial charge in [0.1, 0.15) is 11.9 Å². The number of aromatic nitrogens is 4. The molecule has 0 aliphatic rings. The smallest absolute Gasteiger partial charge is 0.396 e. The first kappa shape index (κ1) is 22.8. The molecule has 0 aliphatic carbocycles. The molecule has 0 fully saturated rings. The summed E-state index contributed by atoms with van der Waals surface area (Å²) in [4.78, 5) is 10.8. The fourth-order valence-electron chi connectivity index (χ4n) is 3.15. The van der Waals surface area contributed by atoms with Crippen LogP contribution in [0.5, 0.6) is 0 Å². The van der Waals surface area contributed by atoms with Crippen LogP contribution in [0.4, 0.5) is 37.7 Å². The maximum Gasteiger partial charge on any atom is 0.416 e. The Morgan fingerprint density at radius 1 is 0.794 bits per heavy atom. The molecular weight excluding hydrogens is 470 g/mol. The first-order valence-electron chi connectivity index (χ1n) is 9.29. The van der Waals surface area contributed by atoms with Crippen LogP contribution < -0.4 is 5.73 Å². The standard InChI is InChI=1S/C20H12F6N6O2/c21-19(22,23)11-3-1-5-13(7-11)30-9-15(27)17(28-30)18-16(32(33)34)10-31(29-18)14-6-2-4-12(8-14)20(24,25)26/h1-10H,27H2. The second kappa shape index (κ2) is 7.90. The lowest BCUT2D eigenvalue weighted by atomic mass is 10.2. The normalized spacial score (nSPS) is 12.2.